The van der Waals surface area contributed by atoms with Gasteiger partial charge in [0.25, 0.3) is 0 Å². The molecule has 1 saturated heterocycles. The molecule has 0 aliphatic carbocycles. The van der Waals surface area contributed by atoms with Gasteiger partial charge in [-0.1, -0.05) is 41.0 Å². The van der Waals surface area contributed by atoms with E-state index >= 15 is 0 Å². The zero-order valence-electron chi connectivity index (χ0n) is 11.5. The molecule has 3 atom stereocenters. The number of nitrogens with zero attached hydrogens (tertiary/aromatic N) is 1. The first kappa shape index (κ1) is 13.5. The van der Waals surface area contributed by atoms with Gasteiger partial charge >= 0.3 is 0 Å². The van der Waals surface area contributed by atoms with Crippen molar-refractivity contribution in [3.05, 3.63) is 0 Å². The van der Waals surface area contributed by atoms with E-state index < -0.39 is 0 Å². The van der Waals surface area contributed by atoms with E-state index in [-0.39, 0.29) is 5.92 Å². The lowest BCUT2D eigenvalue weighted by atomic mass is 9.96. The van der Waals surface area contributed by atoms with Crippen LogP contribution < -0.4 is 0 Å². The van der Waals surface area contributed by atoms with Gasteiger partial charge in [0.05, 0.1) is 0 Å². The standard InChI is InChI=1S/C14H27NO/c1-6-12-8-13(7-2)15(9-12)14(16)11(5)10(3)4/h10-13H,6-9H2,1-5H3/t11?,12?,13-/m1/s1. The van der Waals surface area contributed by atoms with Crippen molar-refractivity contribution in [1.82, 2.24) is 4.90 Å². The zero-order valence-corrected chi connectivity index (χ0v) is 11.5. The summed E-state index contributed by atoms with van der Waals surface area (Å²) in [6.07, 6.45) is 3.52. The SMILES string of the molecule is CCC1C[C@@H](CC)N(C(=O)C(C)C(C)C)C1. The highest BCUT2D eigenvalue weighted by atomic mass is 16.2. The van der Waals surface area contributed by atoms with Gasteiger partial charge in [-0.3, -0.25) is 4.79 Å². The molecule has 2 nitrogen and oxygen atoms in total. The van der Waals surface area contributed by atoms with Crippen LogP contribution >= 0.6 is 0 Å². The highest BCUT2D eigenvalue weighted by Gasteiger charge is 2.35. The van der Waals surface area contributed by atoms with Crippen molar-refractivity contribution >= 4 is 5.91 Å². The third-order valence-electron chi connectivity index (χ3n) is 4.22. The lowest BCUT2D eigenvalue weighted by Gasteiger charge is -2.28. The smallest absolute Gasteiger partial charge is 0.225 e. The Balaban J connectivity index is 2.67. The Morgan fingerprint density at radius 1 is 1.25 bits per heavy atom. The minimum Gasteiger partial charge on any atom is -0.339 e. The topological polar surface area (TPSA) is 20.3 Å². The van der Waals surface area contributed by atoms with Gasteiger partial charge in [0.1, 0.15) is 0 Å². The van der Waals surface area contributed by atoms with Crippen LogP contribution in [0.2, 0.25) is 0 Å². The first-order chi connectivity index (χ1) is 7.51. The van der Waals surface area contributed by atoms with Crippen LogP contribution in [0.4, 0.5) is 0 Å². The van der Waals surface area contributed by atoms with E-state index in [4.69, 9.17) is 0 Å². The molecule has 0 spiro atoms. The van der Waals surface area contributed by atoms with Crippen molar-refractivity contribution in [1.29, 1.82) is 0 Å². The highest BCUT2D eigenvalue weighted by Crippen LogP contribution is 2.29. The van der Waals surface area contributed by atoms with E-state index in [0.29, 0.717) is 17.9 Å². The van der Waals surface area contributed by atoms with E-state index in [2.05, 4.69) is 39.5 Å². The lowest BCUT2D eigenvalue weighted by Crippen LogP contribution is -2.40. The summed E-state index contributed by atoms with van der Waals surface area (Å²) in [5.74, 6) is 1.72. The quantitative estimate of drug-likeness (QED) is 0.719. The van der Waals surface area contributed by atoms with E-state index in [1.165, 1.54) is 12.8 Å². The third kappa shape index (κ3) is 2.78. The van der Waals surface area contributed by atoms with Gasteiger partial charge in [-0.2, -0.15) is 0 Å². The summed E-state index contributed by atoms with van der Waals surface area (Å²) in [7, 11) is 0. The van der Waals surface area contributed by atoms with Crippen LogP contribution in [-0.2, 0) is 4.79 Å². The fourth-order valence-electron chi connectivity index (χ4n) is 2.51. The van der Waals surface area contributed by atoms with Crippen LogP contribution in [0.15, 0.2) is 0 Å². The Morgan fingerprint density at radius 3 is 2.31 bits per heavy atom. The molecule has 1 rings (SSSR count). The lowest BCUT2D eigenvalue weighted by molar-refractivity contribution is -0.137. The predicted molar refractivity (Wildman–Crippen MR) is 68.2 cm³/mol. The van der Waals surface area contributed by atoms with Crippen molar-refractivity contribution in [2.24, 2.45) is 17.8 Å². The van der Waals surface area contributed by atoms with Crippen LogP contribution in [0.3, 0.4) is 0 Å². The molecule has 0 radical (unpaired) electrons. The Morgan fingerprint density at radius 2 is 1.88 bits per heavy atom. The van der Waals surface area contributed by atoms with Crippen molar-refractivity contribution in [2.45, 2.75) is 59.9 Å². The van der Waals surface area contributed by atoms with Crippen molar-refractivity contribution in [2.75, 3.05) is 6.54 Å². The monoisotopic (exact) mass is 225 g/mol. The molecule has 1 aliphatic rings. The van der Waals surface area contributed by atoms with Crippen LogP contribution in [-0.4, -0.2) is 23.4 Å². The summed E-state index contributed by atoms with van der Waals surface area (Å²) in [5, 5.41) is 0. The van der Waals surface area contributed by atoms with Crippen molar-refractivity contribution in [3.8, 4) is 0 Å². The Hall–Kier alpha value is -0.530. The highest BCUT2D eigenvalue weighted by molar-refractivity contribution is 5.79. The maximum absolute atomic E-state index is 12.3. The molecule has 1 amide bonds. The summed E-state index contributed by atoms with van der Waals surface area (Å²) in [4.78, 5) is 14.5. The second-order valence-corrected chi connectivity index (χ2v) is 5.60. The maximum atomic E-state index is 12.3. The van der Waals surface area contributed by atoms with Crippen LogP contribution in [0.25, 0.3) is 0 Å². The summed E-state index contributed by atoms with van der Waals surface area (Å²) in [6, 6.07) is 0.499. The molecule has 0 aromatic rings. The molecule has 2 unspecified atom stereocenters. The van der Waals surface area contributed by atoms with Gasteiger partial charge in [-0.15, -0.1) is 0 Å². The Bertz CT molecular complexity index is 237. The number of hydrogen-bond acceptors (Lipinski definition) is 1. The van der Waals surface area contributed by atoms with Crippen molar-refractivity contribution < 1.29 is 4.79 Å². The Kier molecular flexibility index (Phi) is 4.82. The first-order valence-corrected chi connectivity index (χ1v) is 6.81. The molecule has 0 N–H and O–H groups in total. The predicted octanol–water partition coefficient (Wildman–Crippen LogP) is 3.32. The van der Waals surface area contributed by atoms with E-state index in [1.54, 1.807) is 0 Å². The molecule has 1 heterocycles. The number of amides is 1. The maximum Gasteiger partial charge on any atom is 0.225 e. The second kappa shape index (κ2) is 5.70. The van der Waals surface area contributed by atoms with Gasteiger partial charge < -0.3 is 4.90 Å². The molecular formula is C14H27NO. The Labute approximate surface area is 100 Å². The number of hydrogen-bond donors (Lipinski definition) is 0. The van der Waals surface area contributed by atoms with E-state index in [0.717, 1.165) is 18.9 Å². The van der Waals surface area contributed by atoms with Crippen LogP contribution in [0.5, 0.6) is 0 Å². The normalized spacial score (nSPS) is 27.5. The average molecular weight is 225 g/mol. The van der Waals surface area contributed by atoms with E-state index in [1.807, 2.05) is 0 Å². The van der Waals surface area contributed by atoms with Gasteiger partial charge in [0, 0.05) is 18.5 Å². The average Bonchev–Trinajstić information content (AvgIpc) is 2.69. The molecule has 94 valence electrons. The molecule has 0 bridgehead atoms. The summed E-state index contributed by atoms with van der Waals surface area (Å²) < 4.78 is 0. The fraction of sp³-hybridized carbons (Fsp3) is 0.929. The molecule has 2 heteroatoms. The summed E-state index contributed by atoms with van der Waals surface area (Å²) >= 11 is 0. The molecule has 1 aliphatic heterocycles. The molecular weight excluding hydrogens is 198 g/mol. The van der Waals surface area contributed by atoms with Gasteiger partial charge in [-0.25, -0.2) is 0 Å². The summed E-state index contributed by atoms with van der Waals surface area (Å²) in [5.41, 5.74) is 0. The largest absolute Gasteiger partial charge is 0.339 e. The van der Waals surface area contributed by atoms with Crippen molar-refractivity contribution in [3.63, 3.8) is 0 Å². The second-order valence-electron chi connectivity index (χ2n) is 5.60. The van der Waals surface area contributed by atoms with Gasteiger partial charge in [0.15, 0.2) is 0 Å². The molecule has 0 aromatic heterocycles. The first-order valence-electron chi connectivity index (χ1n) is 6.81. The minimum absolute atomic E-state index is 0.171. The molecule has 0 aromatic carbocycles. The minimum atomic E-state index is 0.171. The van der Waals surface area contributed by atoms with Gasteiger partial charge in [0.2, 0.25) is 5.91 Å². The third-order valence-corrected chi connectivity index (χ3v) is 4.22. The number of likely N-dealkylation sites (tertiary alicyclic amines) is 1. The van der Waals surface area contributed by atoms with Crippen LogP contribution in [0.1, 0.15) is 53.9 Å². The van der Waals surface area contributed by atoms with E-state index in [9.17, 15) is 4.79 Å². The fourth-order valence-corrected chi connectivity index (χ4v) is 2.51. The molecule has 16 heavy (non-hydrogen) atoms. The van der Waals surface area contributed by atoms with Gasteiger partial charge in [-0.05, 0) is 24.7 Å². The zero-order chi connectivity index (χ0) is 12.3. The number of carbonyl (C=O) groups is 1. The molecule has 0 saturated carbocycles. The summed E-state index contributed by atoms with van der Waals surface area (Å²) in [6.45, 7) is 11.8. The number of carbonyl (C=O) groups excluding carboxylic acids is 1. The number of rotatable bonds is 4. The van der Waals surface area contributed by atoms with Crippen LogP contribution in [0, 0.1) is 17.8 Å². The molecule has 1 fully saturated rings.